The lowest BCUT2D eigenvalue weighted by atomic mass is 10.1. The zero-order chi connectivity index (χ0) is 13.7. The summed E-state index contributed by atoms with van der Waals surface area (Å²) >= 11 is 0. The molecular formula is C15H22FN3. The van der Waals surface area contributed by atoms with Crippen molar-refractivity contribution in [3.8, 4) is 0 Å². The van der Waals surface area contributed by atoms with E-state index in [0.717, 1.165) is 56.5 Å². The Morgan fingerprint density at radius 2 is 2.00 bits per heavy atom. The van der Waals surface area contributed by atoms with Crippen molar-refractivity contribution < 1.29 is 4.39 Å². The number of aryl methyl sites for hydroxylation is 2. The van der Waals surface area contributed by atoms with E-state index in [2.05, 4.69) is 16.5 Å². The number of imidazole rings is 1. The van der Waals surface area contributed by atoms with Gasteiger partial charge >= 0.3 is 0 Å². The molecular weight excluding hydrogens is 241 g/mol. The minimum atomic E-state index is -0.228. The van der Waals surface area contributed by atoms with Crippen LogP contribution in [-0.2, 0) is 13.0 Å². The third kappa shape index (κ3) is 3.13. The lowest BCUT2D eigenvalue weighted by molar-refractivity contribution is 0.615. The third-order valence-corrected chi connectivity index (χ3v) is 3.48. The zero-order valence-electron chi connectivity index (χ0n) is 11.5. The van der Waals surface area contributed by atoms with Gasteiger partial charge in [0.05, 0.1) is 5.52 Å². The Morgan fingerprint density at radius 3 is 2.74 bits per heavy atom. The number of nitrogens with zero attached hydrogens (tertiary/aromatic N) is 2. The number of hydrogen-bond acceptors (Lipinski definition) is 2. The Labute approximate surface area is 113 Å². The molecule has 0 unspecified atom stereocenters. The quantitative estimate of drug-likeness (QED) is 0.779. The summed E-state index contributed by atoms with van der Waals surface area (Å²) in [6.45, 7) is 3.67. The lowest BCUT2D eigenvalue weighted by Crippen LogP contribution is -2.02. The second-order valence-electron chi connectivity index (χ2n) is 4.83. The molecule has 1 heterocycles. The number of halogens is 1. The highest BCUT2D eigenvalue weighted by Crippen LogP contribution is 2.20. The predicted molar refractivity (Wildman–Crippen MR) is 76.6 cm³/mol. The average molecular weight is 263 g/mol. The number of benzene rings is 1. The summed E-state index contributed by atoms with van der Waals surface area (Å²) < 4.78 is 15.8. The van der Waals surface area contributed by atoms with E-state index in [1.165, 1.54) is 6.07 Å². The average Bonchev–Trinajstić information content (AvgIpc) is 2.77. The van der Waals surface area contributed by atoms with Crippen molar-refractivity contribution in [1.82, 2.24) is 9.55 Å². The number of fused-ring (bicyclic) bond motifs is 1. The second-order valence-corrected chi connectivity index (χ2v) is 4.83. The normalized spacial score (nSPS) is 11.3. The van der Waals surface area contributed by atoms with E-state index < -0.39 is 0 Å². The number of nitrogens with two attached hydrogens (primary N) is 1. The standard InChI is InChI=1S/C15H22FN3/c1-2-19-13-9-7-8-12(16)15(13)18-14(19)10-5-3-4-6-11-17/h7-9H,2-6,10-11,17H2,1H3. The van der Waals surface area contributed by atoms with Crippen molar-refractivity contribution in [2.45, 2.75) is 45.6 Å². The van der Waals surface area contributed by atoms with Gasteiger partial charge in [-0.25, -0.2) is 9.37 Å². The van der Waals surface area contributed by atoms with E-state index >= 15 is 0 Å². The summed E-state index contributed by atoms with van der Waals surface area (Å²) in [7, 11) is 0. The maximum atomic E-state index is 13.7. The lowest BCUT2D eigenvalue weighted by Gasteiger charge is -2.05. The van der Waals surface area contributed by atoms with Gasteiger partial charge in [0, 0.05) is 13.0 Å². The molecule has 4 heteroatoms. The summed E-state index contributed by atoms with van der Waals surface area (Å²) in [5, 5.41) is 0. The summed E-state index contributed by atoms with van der Waals surface area (Å²) in [5.41, 5.74) is 6.88. The number of unbranched alkanes of at least 4 members (excludes halogenated alkanes) is 3. The molecule has 0 atom stereocenters. The van der Waals surface area contributed by atoms with E-state index in [9.17, 15) is 4.39 Å². The molecule has 1 aromatic heterocycles. The van der Waals surface area contributed by atoms with Crippen LogP contribution in [0.2, 0.25) is 0 Å². The predicted octanol–water partition coefficient (Wildman–Crippen LogP) is 3.26. The van der Waals surface area contributed by atoms with Gasteiger partial charge in [-0.1, -0.05) is 18.9 Å². The summed E-state index contributed by atoms with van der Waals surface area (Å²) in [6, 6.07) is 5.16. The fraction of sp³-hybridized carbons (Fsp3) is 0.533. The smallest absolute Gasteiger partial charge is 0.151 e. The topological polar surface area (TPSA) is 43.8 Å². The van der Waals surface area contributed by atoms with Crippen LogP contribution in [0.25, 0.3) is 11.0 Å². The van der Waals surface area contributed by atoms with Crippen molar-refractivity contribution in [3.05, 3.63) is 29.8 Å². The molecule has 0 saturated heterocycles. The first-order valence-electron chi connectivity index (χ1n) is 7.11. The summed E-state index contributed by atoms with van der Waals surface area (Å²) in [6.07, 6.45) is 5.40. The molecule has 0 amide bonds. The van der Waals surface area contributed by atoms with Crippen LogP contribution in [0.1, 0.15) is 38.4 Å². The molecule has 0 fully saturated rings. The molecule has 19 heavy (non-hydrogen) atoms. The van der Waals surface area contributed by atoms with Crippen LogP contribution >= 0.6 is 0 Å². The first-order chi connectivity index (χ1) is 9.27. The Bertz CT molecular complexity index is 533. The van der Waals surface area contributed by atoms with Gasteiger partial charge in [0.2, 0.25) is 0 Å². The minimum Gasteiger partial charge on any atom is -0.330 e. The first kappa shape index (κ1) is 14.0. The highest BCUT2D eigenvalue weighted by molar-refractivity contribution is 5.76. The molecule has 2 N–H and O–H groups in total. The van der Waals surface area contributed by atoms with Crippen molar-refractivity contribution in [2.75, 3.05) is 6.54 Å². The molecule has 0 saturated carbocycles. The largest absolute Gasteiger partial charge is 0.330 e. The number of aromatic nitrogens is 2. The molecule has 2 aromatic rings. The van der Waals surface area contributed by atoms with Gasteiger partial charge in [-0.3, -0.25) is 0 Å². The minimum absolute atomic E-state index is 0.228. The fourth-order valence-corrected chi connectivity index (χ4v) is 2.49. The van der Waals surface area contributed by atoms with E-state index in [1.807, 2.05) is 6.07 Å². The fourth-order valence-electron chi connectivity index (χ4n) is 2.49. The van der Waals surface area contributed by atoms with E-state index in [1.54, 1.807) is 6.07 Å². The van der Waals surface area contributed by atoms with Gasteiger partial charge in [0.15, 0.2) is 5.82 Å². The van der Waals surface area contributed by atoms with Gasteiger partial charge in [0.25, 0.3) is 0 Å². The van der Waals surface area contributed by atoms with E-state index in [0.29, 0.717) is 5.52 Å². The first-order valence-corrected chi connectivity index (χ1v) is 7.11. The van der Waals surface area contributed by atoms with Crippen LogP contribution in [-0.4, -0.2) is 16.1 Å². The van der Waals surface area contributed by atoms with E-state index in [-0.39, 0.29) is 5.82 Å². The number of para-hydroxylation sites is 1. The number of rotatable bonds is 7. The number of hydrogen-bond donors (Lipinski definition) is 1. The summed E-state index contributed by atoms with van der Waals surface area (Å²) in [4.78, 5) is 4.46. The van der Waals surface area contributed by atoms with Crippen LogP contribution in [0.5, 0.6) is 0 Å². The Kier molecular flexibility index (Phi) is 4.91. The SMILES string of the molecule is CCn1c(CCCCCCN)nc2c(F)cccc21. The molecule has 3 nitrogen and oxygen atoms in total. The Morgan fingerprint density at radius 1 is 1.21 bits per heavy atom. The van der Waals surface area contributed by atoms with Gasteiger partial charge in [0.1, 0.15) is 11.3 Å². The third-order valence-electron chi connectivity index (χ3n) is 3.48. The van der Waals surface area contributed by atoms with Gasteiger partial charge < -0.3 is 10.3 Å². The van der Waals surface area contributed by atoms with Gasteiger partial charge in [-0.2, -0.15) is 0 Å². The van der Waals surface area contributed by atoms with Crippen molar-refractivity contribution in [1.29, 1.82) is 0 Å². The molecule has 2 rings (SSSR count). The molecule has 104 valence electrons. The van der Waals surface area contributed by atoms with Crippen LogP contribution in [0, 0.1) is 5.82 Å². The molecule has 0 aliphatic heterocycles. The second kappa shape index (κ2) is 6.66. The van der Waals surface area contributed by atoms with Gasteiger partial charge in [-0.15, -0.1) is 0 Å². The Balaban J connectivity index is 2.12. The molecule has 1 aromatic carbocycles. The molecule has 0 bridgehead atoms. The molecule has 0 aliphatic carbocycles. The van der Waals surface area contributed by atoms with Gasteiger partial charge in [-0.05, 0) is 38.4 Å². The molecule has 0 spiro atoms. The van der Waals surface area contributed by atoms with Crippen LogP contribution < -0.4 is 5.73 Å². The van der Waals surface area contributed by atoms with Crippen LogP contribution in [0.15, 0.2) is 18.2 Å². The maximum absolute atomic E-state index is 13.7. The molecule has 0 aliphatic rings. The monoisotopic (exact) mass is 263 g/mol. The Hall–Kier alpha value is -1.42. The maximum Gasteiger partial charge on any atom is 0.151 e. The van der Waals surface area contributed by atoms with Crippen LogP contribution in [0.3, 0.4) is 0 Å². The van der Waals surface area contributed by atoms with Crippen molar-refractivity contribution >= 4 is 11.0 Å². The highest BCUT2D eigenvalue weighted by atomic mass is 19.1. The van der Waals surface area contributed by atoms with Crippen molar-refractivity contribution in [2.24, 2.45) is 5.73 Å². The van der Waals surface area contributed by atoms with E-state index in [4.69, 9.17) is 5.73 Å². The highest BCUT2D eigenvalue weighted by Gasteiger charge is 2.11. The zero-order valence-corrected chi connectivity index (χ0v) is 11.5. The van der Waals surface area contributed by atoms with Crippen LogP contribution in [0.4, 0.5) is 4.39 Å². The molecule has 0 radical (unpaired) electrons. The summed E-state index contributed by atoms with van der Waals surface area (Å²) in [5.74, 6) is 0.768. The van der Waals surface area contributed by atoms with Crippen molar-refractivity contribution in [3.63, 3.8) is 0 Å².